The standard InChI is InChI=1S/C13H18N2O4/c1-7-8(6-15(5)9(7)12(18)19)10(16)11(17)14-13(2,3)4/h6H,1-5H3,(H,14,17)(H,18,19). The molecule has 0 aliphatic carbocycles. The maximum Gasteiger partial charge on any atom is 0.352 e. The molecule has 0 aromatic carbocycles. The number of carboxylic acids is 1. The highest BCUT2D eigenvalue weighted by Gasteiger charge is 2.27. The molecule has 2 N–H and O–H groups in total. The van der Waals surface area contributed by atoms with Gasteiger partial charge in [-0.15, -0.1) is 0 Å². The molecular formula is C13H18N2O4. The molecule has 0 aliphatic heterocycles. The Bertz CT molecular complexity index is 550. The predicted molar refractivity (Wildman–Crippen MR) is 69.3 cm³/mol. The van der Waals surface area contributed by atoms with Crippen LogP contribution in [0.3, 0.4) is 0 Å². The van der Waals surface area contributed by atoms with Gasteiger partial charge in [-0.05, 0) is 33.3 Å². The average molecular weight is 266 g/mol. The number of carboxylic acid groups (broad SMARTS) is 1. The van der Waals surface area contributed by atoms with Crippen LogP contribution in [0.25, 0.3) is 0 Å². The summed E-state index contributed by atoms with van der Waals surface area (Å²) in [6.45, 7) is 6.80. The molecule has 0 aliphatic rings. The minimum Gasteiger partial charge on any atom is -0.477 e. The molecule has 104 valence electrons. The van der Waals surface area contributed by atoms with Gasteiger partial charge in [-0.2, -0.15) is 0 Å². The van der Waals surface area contributed by atoms with Crippen LogP contribution in [0.1, 0.15) is 47.2 Å². The Morgan fingerprint density at radius 2 is 1.79 bits per heavy atom. The third kappa shape index (κ3) is 3.21. The van der Waals surface area contributed by atoms with Gasteiger partial charge in [0.1, 0.15) is 5.69 Å². The Morgan fingerprint density at radius 3 is 2.16 bits per heavy atom. The monoisotopic (exact) mass is 266 g/mol. The first kappa shape index (κ1) is 14.9. The van der Waals surface area contributed by atoms with E-state index < -0.39 is 23.2 Å². The largest absolute Gasteiger partial charge is 0.477 e. The Balaban J connectivity index is 3.12. The molecule has 0 fully saturated rings. The van der Waals surface area contributed by atoms with Crippen LogP contribution in [-0.4, -0.2) is 32.9 Å². The number of aryl methyl sites for hydroxylation is 1. The van der Waals surface area contributed by atoms with Crippen molar-refractivity contribution >= 4 is 17.7 Å². The number of aromatic nitrogens is 1. The zero-order valence-corrected chi connectivity index (χ0v) is 11.7. The molecule has 0 radical (unpaired) electrons. The summed E-state index contributed by atoms with van der Waals surface area (Å²) in [6.07, 6.45) is 1.36. The normalized spacial score (nSPS) is 11.2. The number of rotatable bonds is 3. The van der Waals surface area contributed by atoms with Crippen LogP contribution in [-0.2, 0) is 11.8 Å². The van der Waals surface area contributed by atoms with E-state index in [2.05, 4.69) is 5.32 Å². The second kappa shape index (κ2) is 4.87. The molecule has 1 rings (SSSR count). The highest BCUT2D eigenvalue weighted by molar-refractivity contribution is 6.43. The first-order valence-electron chi connectivity index (χ1n) is 5.80. The Morgan fingerprint density at radius 1 is 1.26 bits per heavy atom. The van der Waals surface area contributed by atoms with Crippen molar-refractivity contribution in [1.29, 1.82) is 0 Å². The van der Waals surface area contributed by atoms with E-state index >= 15 is 0 Å². The summed E-state index contributed by atoms with van der Waals surface area (Å²) >= 11 is 0. The zero-order valence-electron chi connectivity index (χ0n) is 11.7. The Labute approximate surface area is 111 Å². The van der Waals surface area contributed by atoms with Gasteiger partial charge in [0.25, 0.3) is 11.7 Å². The lowest BCUT2D eigenvalue weighted by Gasteiger charge is -2.19. The van der Waals surface area contributed by atoms with E-state index in [9.17, 15) is 14.4 Å². The topological polar surface area (TPSA) is 88.4 Å². The van der Waals surface area contributed by atoms with Gasteiger partial charge in [-0.1, -0.05) is 0 Å². The van der Waals surface area contributed by atoms with Crippen LogP contribution in [0.2, 0.25) is 0 Å². The van der Waals surface area contributed by atoms with Crippen molar-refractivity contribution in [2.45, 2.75) is 33.2 Å². The first-order valence-corrected chi connectivity index (χ1v) is 5.80. The van der Waals surface area contributed by atoms with Crippen molar-refractivity contribution in [3.05, 3.63) is 23.0 Å². The van der Waals surface area contributed by atoms with Gasteiger partial charge in [-0.25, -0.2) is 4.79 Å². The third-order valence-electron chi connectivity index (χ3n) is 2.58. The summed E-state index contributed by atoms with van der Waals surface area (Å²) in [5, 5.41) is 11.6. The molecule has 0 saturated heterocycles. The van der Waals surface area contributed by atoms with Crippen molar-refractivity contribution in [2.24, 2.45) is 7.05 Å². The number of Topliss-reactive ketones (excluding diaryl/α,β-unsaturated/α-hetero) is 1. The molecule has 0 atom stereocenters. The fourth-order valence-electron chi connectivity index (χ4n) is 1.81. The number of aromatic carboxylic acids is 1. The molecule has 6 heteroatoms. The van der Waals surface area contributed by atoms with Crippen LogP contribution < -0.4 is 5.32 Å². The summed E-state index contributed by atoms with van der Waals surface area (Å²) in [5.41, 5.74) is -0.108. The number of nitrogens with zero attached hydrogens (tertiary/aromatic N) is 1. The maximum absolute atomic E-state index is 12.0. The SMILES string of the molecule is Cc1c(C(=O)C(=O)NC(C)(C)C)cn(C)c1C(=O)O. The lowest BCUT2D eigenvalue weighted by atomic mass is 10.1. The fraction of sp³-hybridized carbons (Fsp3) is 0.462. The number of amides is 1. The third-order valence-corrected chi connectivity index (χ3v) is 2.58. The minimum absolute atomic E-state index is 0.00640. The van der Waals surface area contributed by atoms with E-state index in [0.717, 1.165) is 0 Å². The van der Waals surface area contributed by atoms with E-state index in [-0.39, 0.29) is 11.3 Å². The molecule has 1 aromatic rings. The summed E-state index contributed by atoms with van der Waals surface area (Å²) in [5.74, 6) is -2.59. The highest BCUT2D eigenvalue weighted by Crippen LogP contribution is 2.17. The number of hydrogen-bond donors (Lipinski definition) is 2. The van der Waals surface area contributed by atoms with E-state index in [1.807, 2.05) is 0 Å². The summed E-state index contributed by atoms with van der Waals surface area (Å²) < 4.78 is 1.33. The summed E-state index contributed by atoms with van der Waals surface area (Å²) in [4.78, 5) is 34.8. The molecule has 1 amide bonds. The Kier molecular flexibility index (Phi) is 3.83. The zero-order chi connectivity index (χ0) is 15.0. The van der Waals surface area contributed by atoms with Gasteiger partial charge < -0.3 is 15.0 Å². The highest BCUT2D eigenvalue weighted by atomic mass is 16.4. The minimum atomic E-state index is -1.13. The van der Waals surface area contributed by atoms with Gasteiger partial charge >= 0.3 is 5.97 Å². The van der Waals surface area contributed by atoms with E-state index in [0.29, 0.717) is 5.56 Å². The number of hydrogen-bond acceptors (Lipinski definition) is 3. The van der Waals surface area contributed by atoms with Crippen molar-refractivity contribution in [2.75, 3.05) is 0 Å². The summed E-state index contributed by atoms with van der Waals surface area (Å²) in [7, 11) is 1.52. The quantitative estimate of drug-likeness (QED) is 0.634. The number of carbonyl (C=O) groups excluding carboxylic acids is 2. The lowest BCUT2D eigenvalue weighted by Crippen LogP contribution is -2.44. The van der Waals surface area contributed by atoms with Gasteiger partial charge in [-0.3, -0.25) is 9.59 Å². The fourth-order valence-corrected chi connectivity index (χ4v) is 1.81. The Hall–Kier alpha value is -2.11. The van der Waals surface area contributed by atoms with E-state index in [1.54, 1.807) is 20.8 Å². The number of ketones is 1. The summed E-state index contributed by atoms with van der Waals surface area (Å²) in [6, 6.07) is 0. The maximum atomic E-state index is 12.0. The molecule has 0 saturated carbocycles. The number of nitrogens with one attached hydrogen (secondary N) is 1. The molecule has 1 aromatic heterocycles. The predicted octanol–water partition coefficient (Wildman–Crippen LogP) is 1.13. The molecule has 19 heavy (non-hydrogen) atoms. The van der Waals surface area contributed by atoms with Crippen molar-refractivity contribution in [3.63, 3.8) is 0 Å². The molecule has 0 unspecified atom stereocenters. The smallest absolute Gasteiger partial charge is 0.352 e. The molecule has 0 spiro atoms. The second-order valence-corrected chi connectivity index (χ2v) is 5.47. The van der Waals surface area contributed by atoms with Crippen LogP contribution in [0.15, 0.2) is 6.20 Å². The van der Waals surface area contributed by atoms with Crippen molar-refractivity contribution < 1.29 is 19.5 Å². The van der Waals surface area contributed by atoms with Crippen LogP contribution in [0.5, 0.6) is 0 Å². The lowest BCUT2D eigenvalue weighted by molar-refractivity contribution is -0.118. The van der Waals surface area contributed by atoms with Gasteiger partial charge in [0.2, 0.25) is 0 Å². The van der Waals surface area contributed by atoms with Crippen LogP contribution >= 0.6 is 0 Å². The number of carbonyl (C=O) groups is 3. The van der Waals surface area contributed by atoms with Gasteiger partial charge in [0.15, 0.2) is 0 Å². The van der Waals surface area contributed by atoms with Crippen LogP contribution in [0, 0.1) is 6.92 Å². The van der Waals surface area contributed by atoms with Crippen molar-refractivity contribution in [3.8, 4) is 0 Å². The van der Waals surface area contributed by atoms with E-state index in [1.165, 1.54) is 24.7 Å². The molecule has 0 bridgehead atoms. The van der Waals surface area contributed by atoms with Crippen molar-refractivity contribution in [1.82, 2.24) is 9.88 Å². The molecule has 6 nitrogen and oxygen atoms in total. The van der Waals surface area contributed by atoms with E-state index in [4.69, 9.17) is 5.11 Å². The van der Waals surface area contributed by atoms with Gasteiger partial charge in [0.05, 0.1) is 0 Å². The average Bonchev–Trinajstić information content (AvgIpc) is 2.50. The van der Waals surface area contributed by atoms with Crippen LogP contribution in [0.4, 0.5) is 0 Å². The first-order chi connectivity index (χ1) is 8.54. The van der Waals surface area contributed by atoms with Gasteiger partial charge in [0, 0.05) is 24.3 Å². The molecular weight excluding hydrogens is 248 g/mol. The second-order valence-electron chi connectivity index (χ2n) is 5.47. The molecule has 1 heterocycles.